The SMILES string of the molecule is COC(=O)c1ccc2c(c1)NC(=O)C2=C(Nc1ccc(N(C)C(=O)CN2CCN(C)CC2)cc1)c1ccc2[nH]ccc2c1. The van der Waals surface area contributed by atoms with Crippen LogP contribution in [0.15, 0.2) is 72.9 Å². The summed E-state index contributed by atoms with van der Waals surface area (Å²) in [4.78, 5) is 47.9. The second-order valence-corrected chi connectivity index (χ2v) is 10.9. The molecule has 2 aliphatic heterocycles. The number of piperazine rings is 1. The van der Waals surface area contributed by atoms with Crippen molar-refractivity contribution < 1.29 is 19.1 Å². The Bertz CT molecular complexity index is 1730. The second kappa shape index (κ2) is 11.7. The van der Waals surface area contributed by atoms with Crippen LogP contribution < -0.4 is 15.5 Å². The highest BCUT2D eigenvalue weighted by Crippen LogP contribution is 2.39. The number of hydrogen-bond donors (Lipinski definition) is 3. The molecule has 0 atom stereocenters. The fourth-order valence-corrected chi connectivity index (χ4v) is 5.51. The lowest BCUT2D eigenvalue weighted by molar-refractivity contribution is -0.119. The van der Waals surface area contributed by atoms with E-state index in [0.717, 1.165) is 54.0 Å². The number of anilines is 3. The first-order valence-corrected chi connectivity index (χ1v) is 14.2. The number of aromatic amines is 1. The van der Waals surface area contributed by atoms with E-state index >= 15 is 0 Å². The molecule has 1 saturated heterocycles. The molecule has 6 rings (SSSR count). The Morgan fingerprint density at radius 3 is 2.44 bits per heavy atom. The van der Waals surface area contributed by atoms with Gasteiger partial charge in [-0.25, -0.2) is 4.79 Å². The Hall–Kier alpha value is -4.93. The van der Waals surface area contributed by atoms with Crippen molar-refractivity contribution >= 4 is 57.0 Å². The number of aromatic nitrogens is 1. The van der Waals surface area contributed by atoms with E-state index in [1.807, 2.05) is 54.7 Å². The summed E-state index contributed by atoms with van der Waals surface area (Å²) in [7, 11) is 5.22. The fourth-order valence-electron chi connectivity index (χ4n) is 5.51. The molecule has 0 saturated carbocycles. The van der Waals surface area contributed by atoms with Gasteiger partial charge in [-0.3, -0.25) is 14.5 Å². The van der Waals surface area contributed by atoms with E-state index in [4.69, 9.17) is 4.74 Å². The van der Waals surface area contributed by atoms with Gasteiger partial charge in [0.05, 0.1) is 36.2 Å². The molecule has 43 heavy (non-hydrogen) atoms. The number of rotatable bonds is 7. The Morgan fingerprint density at radius 2 is 1.70 bits per heavy atom. The van der Waals surface area contributed by atoms with E-state index in [1.54, 1.807) is 30.1 Å². The highest BCUT2D eigenvalue weighted by Gasteiger charge is 2.30. The van der Waals surface area contributed by atoms with E-state index in [-0.39, 0.29) is 11.8 Å². The fraction of sp³-hybridized carbons (Fsp3) is 0.242. The van der Waals surface area contributed by atoms with E-state index in [2.05, 4.69) is 32.5 Å². The number of carbonyl (C=O) groups excluding carboxylic acids is 3. The average Bonchev–Trinajstić information content (AvgIpc) is 3.63. The number of ether oxygens (including phenoxy) is 1. The number of nitrogens with one attached hydrogen (secondary N) is 3. The Kier molecular flexibility index (Phi) is 7.71. The van der Waals surface area contributed by atoms with Crippen LogP contribution in [0.25, 0.3) is 22.2 Å². The molecule has 0 bridgehead atoms. The van der Waals surface area contributed by atoms with Crippen molar-refractivity contribution in [2.45, 2.75) is 0 Å². The molecule has 0 radical (unpaired) electrons. The summed E-state index contributed by atoms with van der Waals surface area (Å²) in [5.41, 5.74) is 6.02. The molecule has 3 heterocycles. The van der Waals surface area contributed by atoms with Crippen molar-refractivity contribution in [1.82, 2.24) is 14.8 Å². The first-order chi connectivity index (χ1) is 20.8. The van der Waals surface area contributed by atoms with Gasteiger partial charge in [-0.05, 0) is 67.2 Å². The van der Waals surface area contributed by atoms with Crippen molar-refractivity contribution in [1.29, 1.82) is 0 Å². The highest BCUT2D eigenvalue weighted by atomic mass is 16.5. The Labute approximate surface area is 249 Å². The lowest BCUT2D eigenvalue weighted by Crippen LogP contribution is -2.48. The largest absolute Gasteiger partial charge is 0.465 e. The molecule has 4 aromatic rings. The number of benzene rings is 3. The number of nitrogens with zero attached hydrogens (tertiary/aromatic N) is 3. The molecule has 1 fully saturated rings. The van der Waals surface area contributed by atoms with Crippen LogP contribution in [0.2, 0.25) is 0 Å². The van der Waals surface area contributed by atoms with Gasteiger partial charge in [0.1, 0.15) is 0 Å². The molecule has 2 aliphatic rings. The van der Waals surface area contributed by atoms with Crippen molar-refractivity contribution in [3.05, 3.63) is 89.6 Å². The summed E-state index contributed by atoms with van der Waals surface area (Å²) in [6.45, 7) is 4.06. The van der Waals surface area contributed by atoms with Gasteiger partial charge in [-0.15, -0.1) is 0 Å². The van der Waals surface area contributed by atoms with Crippen LogP contribution >= 0.6 is 0 Å². The van der Waals surface area contributed by atoms with Gasteiger partial charge >= 0.3 is 5.97 Å². The average molecular weight is 579 g/mol. The van der Waals surface area contributed by atoms with Gasteiger partial charge in [0, 0.05) is 67.3 Å². The first kappa shape index (κ1) is 28.2. The lowest BCUT2D eigenvalue weighted by Gasteiger charge is -2.32. The normalized spacial score (nSPS) is 16.5. The van der Waals surface area contributed by atoms with Gasteiger partial charge in [0.2, 0.25) is 5.91 Å². The van der Waals surface area contributed by atoms with E-state index in [1.165, 1.54) is 7.11 Å². The zero-order valence-corrected chi connectivity index (χ0v) is 24.4. The molecule has 0 spiro atoms. The highest BCUT2D eigenvalue weighted by molar-refractivity contribution is 6.37. The topological polar surface area (TPSA) is 110 Å². The van der Waals surface area contributed by atoms with Crippen LogP contribution in [0.5, 0.6) is 0 Å². The summed E-state index contributed by atoms with van der Waals surface area (Å²) in [6.07, 6.45) is 1.88. The zero-order valence-electron chi connectivity index (χ0n) is 24.4. The van der Waals surface area contributed by atoms with Gasteiger partial charge in [-0.1, -0.05) is 12.1 Å². The van der Waals surface area contributed by atoms with Gasteiger partial charge < -0.3 is 30.2 Å². The van der Waals surface area contributed by atoms with E-state index in [9.17, 15) is 14.4 Å². The predicted octanol–water partition coefficient (Wildman–Crippen LogP) is 4.10. The molecule has 0 aliphatic carbocycles. The molecule has 3 N–H and O–H groups in total. The van der Waals surface area contributed by atoms with Crippen molar-refractivity contribution in [2.75, 3.05) is 69.5 Å². The molecular weight excluding hydrogens is 544 g/mol. The van der Waals surface area contributed by atoms with Gasteiger partial charge in [0.25, 0.3) is 5.91 Å². The Morgan fingerprint density at radius 1 is 0.953 bits per heavy atom. The maximum Gasteiger partial charge on any atom is 0.337 e. The molecular formula is C33H34N6O4. The standard InChI is InChI=1S/C33H34N6O4/c1-37-14-16-39(17-15-37)20-29(40)38(2)25-8-6-24(7-9-25)35-31(22-5-11-27-21(18-22)12-13-34-27)30-26-10-4-23(33(42)43-3)19-28(26)36-32(30)41/h4-13,18-19,34-35H,14-17,20H2,1-3H3,(H,36,41). The number of esters is 1. The zero-order chi connectivity index (χ0) is 30.1. The molecule has 220 valence electrons. The summed E-state index contributed by atoms with van der Waals surface area (Å²) in [5.74, 6) is -0.712. The van der Waals surface area contributed by atoms with Crippen molar-refractivity contribution in [3.8, 4) is 0 Å². The van der Waals surface area contributed by atoms with Crippen LogP contribution in [0.1, 0.15) is 21.5 Å². The number of amides is 2. The van der Waals surface area contributed by atoms with Gasteiger partial charge in [-0.2, -0.15) is 0 Å². The summed E-state index contributed by atoms with van der Waals surface area (Å²) in [6, 6.07) is 20.6. The van der Waals surface area contributed by atoms with E-state index < -0.39 is 5.97 Å². The molecule has 2 amide bonds. The van der Waals surface area contributed by atoms with Crippen LogP contribution in [-0.4, -0.2) is 86.5 Å². The minimum atomic E-state index is -0.474. The minimum Gasteiger partial charge on any atom is -0.465 e. The van der Waals surface area contributed by atoms with Gasteiger partial charge in [0.15, 0.2) is 0 Å². The van der Waals surface area contributed by atoms with Crippen LogP contribution in [0.4, 0.5) is 17.1 Å². The number of hydrogen-bond acceptors (Lipinski definition) is 7. The number of methoxy groups -OCH3 is 1. The quantitative estimate of drug-likeness (QED) is 0.224. The maximum atomic E-state index is 13.4. The first-order valence-electron chi connectivity index (χ1n) is 14.2. The van der Waals surface area contributed by atoms with Crippen LogP contribution in [0.3, 0.4) is 0 Å². The number of fused-ring (bicyclic) bond motifs is 2. The summed E-state index contributed by atoms with van der Waals surface area (Å²) in [5, 5.41) is 7.39. The maximum absolute atomic E-state index is 13.4. The molecule has 0 unspecified atom stereocenters. The number of H-pyrrole nitrogens is 1. The van der Waals surface area contributed by atoms with Crippen LogP contribution in [-0.2, 0) is 14.3 Å². The van der Waals surface area contributed by atoms with Crippen molar-refractivity contribution in [3.63, 3.8) is 0 Å². The summed E-state index contributed by atoms with van der Waals surface area (Å²) < 4.78 is 4.85. The predicted molar refractivity (Wildman–Crippen MR) is 169 cm³/mol. The lowest BCUT2D eigenvalue weighted by atomic mass is 9.98. The third-order valence-corrected chi connectivity index (χ3v) is 8.13. The molecule has 3 aromatic carbocycles. The number of carbonyl (C=O) groups is 3. The third-order valence-electron chi connectivity index (χ3n) is 8.13. The molecule has 1 aromatic heterocycles. The monoisotopic (exact) mass is 578 g/mol. The Balaban J connectivity index is 1.30. The van der Waals surface area contributed by atoms with Crippen LogP contribution in [0, 0.1) is 0 Å². The second-order valence-electron chi connectivity index (χ2n) is 10.9. The van der Waals surface area contributed by atoms with E-state index in [0.29, 0.717) is 34.6 Å². The smallest absolute Gasteiger partial charge is 0.337 e. The minimum absolute atomic E-state index is 0.0402. The third kappa shape index (κ3) is 5.75. The number of likely N-dealkylation sites (N-methyl/N-ethyl adjacent to an activating group) is 2. The van der Waals surface area contributed by atoms with Crippen molar-refractivity contribution in [2.24, 2.45) is 0 Å². The summed E-state index contributed by atoms with van der Waals surface area (Å²) >= 11 is 0. The molecule has 10 heteroatoms. The molecule has 10 nitrogen and oxygen atoms in total.